The lowest BCUT2D eigenvalue weighted by Crippen LogP contribution is -1.98. The van der Waals surface area contributed by atoms with Gasteiger partial charge in [0.25, 0.3) is 5.89 Å². The van der Waals surface area contributed by atoms with Gasteiger partial charge in [-0.1, -0.05) is 41.6 Å². The van der Waals surface area contributed by atoms with Gasteiger partial charge in [-0.2, -0.15) is 4.98 Å². The van der Waals surface area contributed by atoms with E-state index in [9.17, 15) is 0 Å². The second-order valence-corrected chi connectivity index (χ2v) is 5.34. The summed E-state index contributed by atoms with van der Waals surface area (Å²) < 4.78 is 5.42. The Bertz CT molecular complexity index is 794. The van der Waals surface area contributed by atoms with Crippen LogP contribution in [0.2, 0.25) is 0 Å². The van der Waals surface area contributed by atoms with Crippen LogP contribution in [-0.2, 0) is 6.42 Å². The van der Waals surface area contributed by atoms with E-state index in [0.717, 1.165) is 24.2 Å². The molecule has 3 aromatic rings. The van der Waals surface area contributed by atoms with E-state index in [1.54, 1.807) is 0 Å². The van der Waals surface area contributed by atoms with Crippen molar-refractivity contribution in [2.45, 2.75) is 18.8 Å². The third kappa shape index (κ3) is 2.00. The molecule has 1 heterocycles. The molecule has 1 aliphatic carbocycles. The van der Waals surface area contributed by atoms with Crippen LogP contribution in [0.15, 0.2) is 53.1 Å². The Morgan fingerprint density at radius 3 is 2.76 bits per heavy atom. The lowest BCUT2D eigenvalue weighted by molar-refractivity contribution is 0.419. The van der Waals surface area contributed by atoms with Crippen LogP contribution in [-0.4, -0.2) is 10.1 Å². The molecule has 4 rings (SSSR count). The number of nitrogen functional groups attached to an aromatic ring is 1. The van der Waals surface area contributed by atoms with E-state index in [-0.39, 0.29) is 5.92 Å². The molecule has 104 valence electrons. The highest BCUT2D eigenvalue weighted by atomic mass is 16.5. The molecule has 0 aliphatic heterocycles. The normalized spacial score (nSPS) is 16.9. The summed E-state index contributed by atoms with van der Waals surface area (Å²) in [7, 11) is 0. The number of para-hydroxylation sites is 1. The van der Waals surface area contributed by atoms with Crippen LogP contribution in [0.4, 0.5) is 5.69 Å². The van der Waals surface area contributed by atoms with Crippen molar-refractivity contribution in [3.8, 4) is 11.5 Å². The maximum atomic E-state index is 5.96. The molecular formula is C17H15N3O. The average Bonchev–Trinajstić information content (AvgIpc) is 3.14. The van der Waals surface area contributed by atoms with E-state index in [4.69, 9.17) is 10.3 Å². The van der Waals surface area contributed by atoms with Crippen LogP contribution in [0, 0.1) is 0 Å². The van der Waals surface area contributed by atoms with Gasteiger partial charge in [0.2, 0.25) is 0 Å². The van der Waals surface area contributed by atoms with Crippen molar-refractivity contribution in [1.29, 1.82) is 0 Å². The molecule has 2 N–H and O–H groups in total. The molecule has 21 heavy (non-hydrogen) atoms. The SMILES string of the molecule is Nc1ccccc1-c1nc(C2CCc3ccccc32)no1. The summed E-state index contributed by atoms with van der Waals surface area (Å²) in [6.07, 6.45) is 2.10. The molecular weight excluding hydrogens is 262 g/mol. The zero-order chi connectivity index (χ0) is 14.2. The Balaban J connectivity index is 1.72. The van der Waals surface area contributed by atoms with Crippen molar-refractivity contribution in [3.63, 3.8) is 0 Å². The second kappa shape index (κ2) is 4.74. The molecule has 0 fully saturated rings. The van der Waals surface area contributed by atoms with Crippen molar-refractivity contribution < 1.29 is 4.52 Å². The van der Waals surface area contributed by atoms with Crippen LogP contribution in [0.25, 0.3) is 11.5 Å². The molecule has 0 bridgehead atoms. The standard InChI is InChI=1S/C17H15N3O/c18-15-8-4-3-7-14(15)17-19-16(20-21-17)13-10-9-11-5-1-2-6-12(11)13/h1-8,13H,9-10,18H2. The molecule has 4 nitrogen and oxygen atoms in total. The van der Waals surface area contributed by atoms with E-state index in [1.165, 1.54) is 11.1 Å². The van der Waals surface area contributed by atoms with Crippen LogP contribution in [0.5, 0.6) is 0 Å². The molecule has 1 aromatic heterocycles. The Morgan fingerprint density at radius 2 is 1.86 bits per heavy atom. The van der Waals surface area contributed by atoms with Gasteiger partial charge in [-0.3, -0.25) is 0 Å². The predicted octanol–water partition coefficient (Wildman–Crippen LogP) is 3.40. The Kier molecular flexibility index (Phi) is 2.74. The fourth-order valence-corrected chi connectivity index (χ4v) is 3.00. The average molecular weight is 277 g/mol. The summed E-state index contributed by atoms with van der Waals surface area (Å²) in [5.41, 5.74) is 10.1. The largest absolute Gasteiger partial charge is 0.398 e. The first-order valence-corrected chi connectivity index (χ1v) is 7.09. The van der Waals surface area contributed by atoms with Gasteiger partial charge in [-0.15, -0.1) is 0 Å². The topological polar surface area (TPSA) is 64.9 Å². The van der Waals surface area contributed by atoms with Crippen LogP contribution >= 0.6 is 0 Å². The molecule has 2 aromatic carbocycles. The molecule has 0 saturated heterocycles. The van der Waals surface area contributed by atoms with Crippen molar-refractivity contribution in [3.05, 3.63) is 65.5 Å². The highest BCUT2D eigenvalue weighted by Gasteiger charge is 2.28. The quantitative estimate of drug-likeness (QED) is 0.729. The zero-order valence-corrected chi connectivity index (χ0v) is 11.5. The first-order chi connectivity index (χ1) is 10.3. The number of hydrogen-bond donors (Lipinski definition) is 1. The minimum atomic E-state index is 0.226. The lowest BCUT2D eigenvalue weighted by Gasteiger charge is -2.05. The van der Waals surface area contributed by atoms with E-state index in [2.05, 4.69) is 34.4 Å². The van der Waals surface area contributed by atoms with Gasteiger partial charge in [0, 0.05) is 11.6 Å². The molecule has 1 atom stereocenters. The first kappa shape index (κ1) is 12.1. The molecule has 0 radical (unpaired) electrons. The van der Waals surface area contributed by atoms with Gasteiger partial charge in [0.05, 0.1) is 5.56 Å². The molecule has 0 saturated carbocycles. The van der Waals surface area contributed by atoms with Gasteiger partial charge in [0.15, 0.2) is 5.82 Å². The molecule has 4 heteroatoms. The number of aromatic nitrogens is 2. The summed E-state index contributed by atoms with van der Waals surface area (Å²) >= 11 is 0. The van der Waals surface area contributed by atoms with Gasteiger partial charge < -0.3 is 10.3 Å². The van der Waals surface area contributed by atoms with Crippen molar-refractivity contribution in [2.75, 3.05) is 5.73 Å². The van der Waals surface area contributed by atoms with E-state index >= 15 is 0 Å². The van der Waals surface area contributed by atoms with Crippen LogP contribution in [0.3, 0.4) is 0 Å². The number of aryl methyl sites for hydroxylation is 1. The molecule has 1 aliphatic rings. The highest BCUT2D eigenvalue weighted by Crippen LogP contribution is 2.37. The van der Waals surface area contributed by atoms with Gasteiger partial charge in [-0.05, 0) is 36.1 Å². The highest BCUT2D eigenvalue weighted by molar-refractivity contribution is 5.69. The van der Waals surface area contributed by atoms with Crippen molar-refractivity contribution >= 4 is 5.69 Å². The zero-order valence-electron chi connectivity index (χ0n) is 11.5. The Hall–Kier alpha value is -2.62. The molecule has 0 spiro atoms. The van der Waals surface area contributed by atoms with Gasteiger partial charge in [-0.25, -0.2) is 0 Å². The fourth-order valence-electron chi connectivity index (χ4n) is 3.00. The summed E-state index contributed by atoms with van der Waals surface area (Å²) in [5.74, 6) is 1.47. The minimum Gasteiger partial charge on any atom is -0.398 e. The van der Waals surface area contributed by atoms with E-state index in [1.807, 2.05) is 24.3 Å². The molecule has 0 amide bonds. The third-order valence-corrected chi connectivity index (χ3v) is 4.08. The monoisotopic (exact) mass is 277 g/mol. The number of fused-ring (bicyclic) bond motifs is 1. The Morgan fingerprint density at radius 1 is 1.05 bits per heavy atom. The number of hydrogen-bond acceptors (Lipinski definition) is 4. The van der Waals surface area contributed by atoms with E-state index < -0.39 is 0 Å². The van der Waals surface area contributed by atoms with Gasteiger partial charge >= 0.3 is 0 Å². The smallest absolute Gasteiger partial charge is 0.260 e. The van der Waals surface area contributed by atoms with Crippen LogP contribution < -0.4 is 5.73 Å². The minimum absolute atomic E-state index is 0.226. The lowest BCUT2D eigenvalue weighted by atomic mass is 10.0. The predicted molar refractivity (Wildman–Crippen MR) is 80.8 cm³/mol. The summed E-state index contributed by atoms with van der Waals surface area (Å²) in [4.78, 5) is 4.56. The van der Waals surface area contributed by atoms with Crippen molar-refractivity contribution in [2.24, 2.45) is 0 Å². The summed E-state index contributed by atoms with van der Waals surface area (Å²) in [5, 5.41) is 4.17. The molecule has 1 unspecified atom stereocenters. The third-order valence-electron chi connectivity index (χ3n) is 4.08. The number of nitrogens with zero attached hydrogens (tertiary/aromatic N) is 2. The van der Waals surface area contributed by atoms with Gasteiger partial charge in [0.1, 0.15) is 0 Å². The number of anilines is 1. The van der Waals surface area contributed by atoms with Crippen LogP contribution in [0.1, 0.15) is 29.3 Å². The number of rotatable bonds is 2. The number of benzene rings is 2. The van der Waals surface area contributed by atoms with E-state index in [0.29, 0.717) is 11.6 Å². The maximum Gasteiger partial charge on any atom is 0.260 e. The number of nitrogens with two attached hydrogens (primary N) is 1. The van der Waals surface area contributed by atoms with Crippen molar-refractivity contribution in [1.82, 2.24) is 10.1 Å². The maximum absolute atomic E-state index is 5.96. The fraction of sp³-hybridized carbons (Fsp3) is 0.176. The summed E-state index contributed by atoms with van der Waals surface area (Å²) in [6, 6.07) is 16.0. The first-order valence-electron chi connectivity index (χ1n) is 7.09. The second-order valence-electron chi connectivity index (χ2n) is 5.34. The summed E-state index contributed by atoms with van der Waals surface area (Å²) in [6.45, 7) is 0. The Labute approximate surface area is 122 Å².